The number of H-pyrrole nitrogens is 1. The van der Waals surface area contributed by atoms with Gasteiger partial charge in [-0.15, -0.1) is 11.8 Å². The Bertz CT molecular complexity index is 602. The summed E-state index contributed by atoms with van der Waals surface area (Å²) in [5.74, 6) is 0.795. The summed E-state index contributed by atoms with van der Waals surface area (Å²) in [6.45, 7) is 0. The fraction of sp³-hybridized carbons (Fsp3) is 0.400. The van der Waals surface area contributed by atoms with Crippen molar-refractivity contribution in [3.05, 3.63) is 30.3 Å². The molecule has 2 aromatic rings. The molecule has 1 aromatic carbocycles. The molecule has 1 aromatic heterocycles. The lowest BCUT2D eigenvalue weighted by Crippen LogP contribution is -2.57. The molecular weight excluding hydrogens is 270 g/mol. The van der Waals surface area contributed by atoms with Crippen LogP contribution in [0.2, 0.25) is 0 Å². The summed E-state index contributed by atoms with van der Waals surface area (Å²) in [5, 5.41) is 5.44. The number of nitrogens with two attached hydrogens (primary N) is 1. The zero-order valence-electron chi connectivity index (χ0n) is 11.5. The summed E-state index contributed by atoms with van der Waals surface area (Å²) in [6, 6.07) is 10.3. The number of hydrogen-bond donors (Lipinski definition) is 3. The second-order valence-corrected chi connectivity index (χ2v) is 6.39. The molecule has 0 aliphatic heterocycles. The predicted octanol–water partition coefficient (Wildman–Crippen LogP) is 2.11. The zero-order chi connectivity index (χ0) is 14.2. The second-order valence-electron chi connectivity index (χ2n) is 5.37. The van der Waals surface area contributed by atoms with Crippen molar-refractivity contribution < 1.29 is 4.79 Å². The van der Waals surface area contributed by atoms with Crippen LogP contribution in [0.1, 0.15) is 12.8 Å². The first-order chi connectivity index (χ1) is 9.65. The fourth-order valence-electron chi connectivity index (χ4n) is 2.68. The Morgan fingerprint density at radius 2 is 2.25 bits per heavy atom. The van der Waals surface area contributed by atoms with Gasteiger partial charge in [-0.1, -0.05) is 18.2 Å². The standard InChI is InChI=1S/C15H19N3OS/c1-17-15(14(16)19,11-6-7-11)9-20-13-8-10-4-2-3-5-12(10)18-13/h2-5,8,11,17-18H,6-7,9H2,1H3,(H2,16,19). The van der Waals surface area contributed by atoms with Gasteiger partial charge in [0.05, 0.1) is 5.03 Å². The Morgan fingerprint density at radius 3 is 2.85 bits per heavy atom. The van der Waals surface area contributed by atoms with E-state index < -0.39 is 5.54 Å². The molecule has 0 spiro atoms. The normalized spacial score (nSPS) is 18.1. The van der Waals surface area contributed by atoms with E-state index in [0.717, 1.165) is 23.4 Å². The fourth-order valence-corrected chi connectivity index (χ4v) is 3.98. The zero-order valence-corrected chi connectivity index (χ0v) is 12.3. The van der Waals surface area contributed by atoms with Crippen LogP contribution in [0.4, 0.5) is 0 Å². The SMILES string of the molecule is CNC(CSc1cc2ccccc2[nH]1)(C(N)=O)C1CC1. The molecule has 4 N–H and O–H groups in total. The maximum absolute atomic E-state index is 11.9. The molecule has 1 unspecified atom stereocenters. The summed E-state index contributed by atoms with van der Waals surface area (Å²) in [6.07, 6.45) is 2.16. The highest BCUT2D eigenvalue weighted by Gasteiger charge is 2.48. The summed E-state index contributed by atoms with van der Waals surface area (Å²) in [5.41, 5.74) is 6.18. The van der Waals surface area contributed by atoms with Crippen LogP contribution < -0.4 is 11.1 Å². The van der Waals surface area contributed by atoms with Crippen molar-refractivity contribution in [2.75, 3.05) is 12.8 Å². The van der Waals surface area contributed by atoms with Gasteiger partial charge in [-0.25, -0.2) is 0 Å². The van der Waals surface area contributed by atoms with Crippen LogP contribution in [-0.4, -0.2) is 29.2 Å². The van der Waals surface area contributed by atoms with Gasteiger partial charge in [-0.2, -0.15) is 0 Å². The largest absolute Gasteiger partial charge is 0.368 e. The number of hydrogen-bond acceptors (Lipinski definition) is 3. The number of primary amides is 1. The van der Waals surface area contributed by atoms with Crippen molar-refractivity contribution in [1.82, 2.24) is 10.3 Å². The van der Waals surface area contributed by atoms with Crippen molar-refractivity contribution in [1.29, 1.82) is 0 Å². The number of likely N-dealkylation sites (N-methyl/N-ethyl adjacent to an activating group) is 1. The Labute approximate surface area is 122 Å². The van der Waals surface area contributed by atoms with Crippen LogP contribution in [0.15, 0.2) is 35.4 Å². The third kappa shape index (κ3) is 2.31. The van der Waals surface area contributed by atoms with Gasteiger partial charge < -0.3 is 16.0 Å². The lowest BCUT2D eigenvalue weighted by atomic mass is 9.95. The van der Waals surface area contributed by atoms with E-state index in [0.29, 0.717) is 11.7 Å². The van der Waals surface area contributed by atoms with Gasteiger partial charge in [0.25, 0.3) is 0 Å². The average Bonchev–Trinajstić information content (AvgIpc) is 3.19. The number of carbonyl (C=O) groups is 1. The van der Waals surface area contributed by atoms with Crippen LogP contribution >= 0.6 is 11.8 Å². The number of aromatic amines is 1. The Morgan fingerprint density at radius 1 is 1.50 bits per heavy atom. The molecule has 1 heterocycles. The minimum absolute atomic E-state index is 0.244. The van der Waals surface area contributed by atoms with Crippen LogP contribution in [0, 0.1) is 5.92 Å². The van der Waals surface area contributed by atoms with Gasteiger partial charge in [0, 0.05) is 16.7 Å². The molecule has 1 aliphatic rings. The highest BCUT2D eigenvalue weighted by Crippen LogP contribution is 2.42. The van der Waals surface area contributed by atoms with E-state index in [2.05, 4.69) is 28.5 Å². The van der Waals surface area contributed by atoms with E-state index in [-0.39, 0.29) is 5.91 Å². The van der Waals surface area contributed by atoms with E-state index in [1.54, 1.807) is 11.8 Å². The van der Waals surface area contributed by atoms with Gasteiger partial charge >= 0.3 is 0 Å². The predicted molar refractivity (Wildman–Crippen MR) is 82.7 cm³/mol. The van der Waals surface area contributed by atoms with Gasteiger partial charge in [-0.05, 0) is 37.9 Å². The quantitative estimate of drug-likeness (QED) is 0.713. The van der Waals surface area contributed by atoms with E-state index in [1.165, 1.54) is 5.39 Å². The first-order valence-electron chi connectivity index (χ1n) is 6.85. The molecule has 1 saturated carbocycles. The second kappa shape index (κ2) is 5.14. The van der Waals surface area contributed by atoms with Gasteiger partial charge in [0.2, 0.25) is 5.91 Å². The van der Waals surface area contributed by atoms with E-state index >= 15 is 0 Å². The Balaban J connectivity index is 1.78. The number of nitrogens with one attached hydrogen (secondary N) is 2. The molecule has 0 bridgehead atoms. The number of fused-ring (bicyclic) bond motifs is 1. The van der Waals surface area contributed by atoms with Crippen molar-refractivity contribution in [2.24, 2.45) is 11.7 Å². The number of aromatic nitrogens is 1. The molecule has 3 rings (SSSR count). The number of para-hydroxylation sites is 1. The lowest BCUT2D eigenvalue weighted by Gasteiger charge is -2.29. The minimum atomic E-state index is -0.581. The summed E-state index contributed by atoms with van der Waals surface area (Å²) in [4.78, 5) is 15.2. The molecule has 1 aliphatic carbocycles. The lowest BCUT2D eigenvalue weighted by molar-refractivity contribution is -0.124. The average molecular weight is 289 g/mol. The molecule has 5 heteroatoms. The van der Waals surface area contributed by atoms with Crippen molar-refractivity contribution >= 4 is 28.6 Å². The highest BCUT2D eigenvalue weighted by molar-refractivity contribution is 7.99. The smallest absolute Gasteiger partial charge is 0.238 e. The topological polar surface area (TPSA) is 70.9 Å². The maximum atomic E-state index is 11.9. The molecule has 106 valence electrons. The number of benzene rings is 1. The molecule has 1 atom stereocenters. The monoisotopic (exact) mass is 289 g/mol. The van der Waals surface area contributed by atoms with E-state index in [4.69, 9.17) is 5.73 Å². The van der Waals surface area contributed by atoms with E-state index in [9.17, 15) is 4.79 Å². The molecule has 0 radical (unpaired) electrons. The summed E-state index contributed by atoms with van der Waals surface area (Å²) >= 11 is 1.66. The van der Waals surface area contributed by atoms with Crippen molar-refractivity contribution in [2.45, 2.75) is 23.4 Å². The third-order valence-corrected chi connectivity index (χ3v) is 5.25. The third-order valence-electron chi connectivity index (χ3n) is 4.12. The summed E-state index contributed by atoms with van der Waals surface area (Å²) < 4.78 is 0. The first kappa shape index (κ1) is 13.5. The molecule has 4 nitrogen and oxygen atoms in total. The maximum Gasteiger partial charge on any atom is 0.238 e. The van der Waals surface area contributed by atoms with E-state index in [1.807, 2.05) is 19.2 Å². The van der Waals surface area contributed by atoms with Crippen LogP contribution in [0.25, 0.3) is 10.9 Å². The van der Waals surface area contributed by atoms with Crippen molar-refractivity contribution in [3.63, 3.8) is 0 Å². The van der Waals surface area contributed by atoms with Crippen LogP contribution in [-0.2, 0) is 4.79 Å². The molecule has 0 saturated heterocycles. The van der Waals surface area contributed by atoms with Crippen molar-refractivity contribution in [3.8, 4) is 0 Å². The number of rotatable bonds is 6. The van der Waals surface area contributed by atoms with Gasteiger partial charge in [-0.3, -0.25) is 4.79 Å². The molecule has 20 heavy (non-hydrogen) atoms. The Kier molecular flexibility index (Phi) is 3.48. The number of carbonyl (C=O) groups excluding carboxylic acids is 1. The first-order valence-corrected chi connectivity index (χ1v) is 7.83. The van der Waals surface area contributed by atoms with Gasteiger partial charge in [0.15, 0.2) is 0 Å². The van der Waals surface area contributed by atoms with Crippen LogP contribution in [0.3, 0.4) is 0 Å². The molecule has 1 fully saturated rings. The Hall–Kier alpha value is -1.46. The number of thioether (sulfide) groups is 1. The molecule has 1 amide bonds. The minimum Gasteiger partial charge on any atom is -0.368 e. The summed E-state index contributed by atoms with van der Waals surface area (Å²) in [7, 11) is 1.83. The van der Waals surface area contributed by atoms with Crippen LogP contribution in [0.5, 0.6) is 0 Å². The molecular formula is C15H19N3OS. The number of amides is 1. The highest BCUT2D eigenvalue weighted by atomic mass is 32.2. The van der Waals surface area contributed by atoms with Gasteiger partial charge in [0.1, 0.15) is 5.54 Å².